The molecule has 27 heavy (non-hydrogen) atoms. The highest BCUT2D eigenvalue weighted by atomic mass is 16.5. The predicted octanol–water partition coefficient (Wildman–Crippen LogP) is 2.31. The molecule has 1 aliphatic rings. The van der Waals surface area contributed by atoms with E-state index in [0.717, 1.165) is 49.9 Å². The van der Waals surface area contributed by atoms with Gasteiger partial charge in [0.25, 0.3) is 0 Å². The van der Waals surface area contributed by atoms with Crippen LogP contribution in [-0.4, -0.2) is 63.3 Å². The van der Waals surface area contributed by atoms with Crippen molar-refractivity contribution >= 4 is 11.9 Å². The number of carbonyl (C=O) groups excluding carboxylic acids is 1. The molecule has 0 aromatic heterocycles. The SMILES string of the molecule is CCNC(=NCC(C)Oc1cccc(OC)c1)N1CCC(C(=O)OC)CC1. The van der Waals surface area contributed by atoms with Crippen LogP contribution in [0.5, 0.6) is 11.5 Å². The maximum absolute atomic E-state index is 11.7. The lowest BCUT2D eigenvalue weighted by atomic mass is 9.97. The number of rotatable bonds is 7. The first-order valence-electron chi connectivity index (χ1n) is 9.49. The quantitative estimate of drug-likeness (QED) is 0.447. The summed E-state index contributed by atoms with van der Waals surface area (Å²) in [5, 5.41) is 3.33. The van der Waals surface area contributed by atoms with Gasteiger partial charge in [-0.05, 0) is 38.8 Å². The Bertz CT molecular complexity index is 627. The van der Waals surface area contributed by atoms with E-state index < -0.39 is 0 Å². The second-order valence-electron chi connectivity index (χ2n) is 6.59. The number of guanidine groups is 1. The Morgan fingerprint density at radius 3 is 2.63 bits per heavy atom. The molecule has 1 saturated heterocycles. The molecule has 1 atom stereocenters. The van der Waals surface area contributed by atoms with E-state index in [-0.39, 0.29) is 18.0 Å². The second-order valence-corrected chi connectivity index (χ2v) is 6.59. The van der Waals surface area contributed by atoms with Crippen molar-refractivity contribution in [2.45, 2.75) is 32.8 Å². The number of carbonyl (C=O) groups is 1. The second kappa shape index (κ2) is 10.6. The number of benzene rings is 1. The topological polar surface area (TPSA) is 72.4 Å². The van der Waals surface area contributed by atoms with Gasteiger partial charge in [-0.25, -0.2) is 4.99 Å². The van der Waals surface area contributed by atoms with Crippen LogP contribution in [0, 0.1) is 5.92 Å². The van der Waals surface area contributed by atoms with Gasteiger partial charge >= 0.3 is 5.97 Å². The summed E-state index contributed by atoms with van der Waals surface area (Å²) in [6.45, 7) is 6.95. The molecule has 0 amide bonds. The summed E-state index contributed by atoms with van der Waals surface area (Å²) < 4.78 is 16.0. The molecular weight excluding hydrogens is 346 g/mol. The highest BCUT2D eigenvalue weighted by Gasteiger charge is 2.27. The van der Waals surface area contributed by atoms with E-state index in [0.29, 0.717) is 6.54 Å². The van der Waals surface area contributed by atoms with Crippen LogP contribution in [-0.2, 0) is 9.53 Å². The molecule has 1 heterocycles. The van der Waals surface area contributed by atoms with Gasteiger partial charge in [-0.1, -0.05) is 6.07 Å². The molecule has 1 fully saturated rings. The van der Waals surface area contributed by atoms with Crippen molar-refractivity contribution in [3.8, 4) is 11.5 Å². The standard InChI is InChI=1S/C20H31N3O4/c1-5-21-20(23-11-9-16(10-12-23)19(24)26-4)22-14-15(2)27-18-8-6-7-17(13-18)25-3/h6-8,13,15-16H,5,9-12,14H2,1-4H3,(H,21,22). The smallest absolute Gasteiger partial charge is 0.308 e. The molecule has 150 valence electrons. The van der Waals surface area contributed by atoms with Gasteiger partial charge in [0.2, 0.25) is 0 Å². The van der Waals surface area contributed by atoms with Crippen molar-refractivity contribution < 1.29 is 19.0 Å². The third kappa shape index (κ3) is 6.34. The van der Waals surface area contributed by atoms with E-state index in [1.165, 1.54) is 7.11 Å². The van der Waals surface area contributed by atoms with Crippen molar-refractivity contribution in [1.29, 1.82) is 0 Å². The van der Waals surface area contributed by atoms with Gasteiger partial charge in [-0.15, -0.1) is 0 Å². The van der Waals surface area contributed by atoms with Gasteiger partial charge in [0, 0.05) is 25.7 Å². The summed E-state index contributed by atoms with van der Waals surface area (Å²) in [7, 11) is 3.09. The first-order valence-corrected chi connectivity index (χ1v) is 9.49. The number of hydrogen-bond donors (Lipinski definition) is 1. The van der Waals surface area contributed by atoms with Crippen molar-refractivity contribution in [1.82, 2.24) is 10.2 Å². The highest BCUT2D eigenvalue weighted by molar-refractivity contribution is 5.80. The van der Waals surface area contributed by atoms with Gasteiger partial charge in [0.05, 0.1) is 26.7 Å². The Morgan fingerprint density at radius 2 is 2.00 bits per heavy atom. The van der Waals surface area contributed by atoms with Gasteiger partial charge < -0.3 is 24.4 Å². The van der Waals surface area contributed by atoms with E-state index in [1.807, 2.05) is 38.1 Å². The molecule has 7 nitrogen and oxygen atoms in total. The van der Waals surface area contributed by atoms with E-state index in [9.17, 15) is 4.79 Å². The number of nitrogens with zero attached hydrogens (tertiary/aromatic N) is 2. The Labute approximate surface area is 161 Å². The molecule has 1 aromatic carbocycles. The molecule has 0 spiro atoms. The minimum atomic E-state index is -0.114. The number of piperidine rings is 1. The van der Waals surface area contributed by atoms with Crippen molar-refractivity contribution in [2.24, 2.45) is 10.9 Å². The molecule has 1 aliphatic heterocycles. The lowest BCUT2D eigenvalue weighted by molar-refractivity contribution is -0.146. The summed E-state index contributed by atoms with van der Waals surface area (Å²) in [5.41, 5.74) is 0. The largest absolute Gasteiger partial charge is 0.497 e. The zero-order valence-corrected chi connectivity index (χ0v) is 16.7. The lowest BCUT2D eigenvalue weighted by Gasteiger charge is -2.33. The fraction of sp³-hybridized carbons (Fsp3) is 0.600. The lowest BCUT2D eigenvalue weighted by Crippen LogP contribution is -2.47. The molecule has 2 rings (SSSR count). The molecule has 1 N–H and O–H groups in total. The first-order chi connectivity index (χ1) is 13.1. The van der Waals surface area contributed by atoms with Crippen molar-refractivity contribution in [3.63, 3.8) is 0 Å². The normalized spacial score (nSPS) is 16.6. The van der Waals surface area contributed by atoms with Crippen LogP contribution < -0.4 is 14.8 Å². The molecule has 0 radical (unpaired) electrons. The molecule has 1 aromatic rings. The van der Waals surface area contributed by atoms with Crippen LogP contribution in [0.1, 0.15) is 26.7 Å². The molecule has 0 bridgehead atoms. The van der Waals surface area contributed by atoms with Crippen LogP contribution in [0.4, 0.5) is 0 Å². The fourth-order valence-corrected chi connectivity index (χ4v) is 3.08. The average Bonchev–Trinajstić information content (AvgIpc) is 2.70. The molecule has 0 saturated carbocycles. The van der Waals surface area contributed by atoms with Crippen molar-refractivity contribution in [2.75, 3.05) is 40.4 Å². The zero-order chi connectivity index (χ0) is 19.6. The Hall–Kier alpha value is -2.44. The third-order valence-corrected chi connectivity index (χ3v) is 4.54. The van der Waals surface area contributed by atoms with Gasteiger partial charge in [0.15, 0.2) is 5.96 Å². The Balaban J connectivity index is 1.91. The Kier molecular flexibility index (Phi) is 8.23. The van der Waals surface area contributed by atoms with E-state index in [1.54, 1.807) is 7.11 Å². The number of nitrogens with one attached hydrogen (secondary N) is 1. The van der Waals surface area contributed by atoms with Crippen LogP contribution in [0.3, 0.4) is 0 Å². The third-order valence-electron chi connectivity index (χ3n) is 4.54. The number of aliphatic imine (C=N–C) groups is 1. The van der Waals surface area contributed by atoms with Gasteiger partial charge in [-0.3, -0.25) is 4.79 Å². The molecule has 0 aliphatic carbocycles. The molecule has 1 unspecified atom stereocenters. The fourth-order valence-electron chi connectivity index (χ4n) is 3.08. The van der Waals surface area contributed by atoms with E-state index >= 15 is 0 Å². The van der Waals surface area contributed by atoms with Crippen molar-refractivity contribution in [3.05, 3.63) is 24.3 Å². The minimum absolute atomic E-state index is 0.00977. The number of likely N-dealkylation sites (tertiary alicyclic amines) is 1. The Morgan fingerprint density at radius 1 is 1.30 bits per heavy atom. The van der Waals surface area contributed by atoms with Gasteiger partial charge in [-0.2, -0.15) is 0 Å². The molecular formula is C20H31N3O4. The minimum Gasteiger partial charge on any atom is -0.497 e. The number of ether oxygens (including phenoxy) is 3. The van der Waals surface area contributed by atoms with E-state index in [2.05, 4.69) is 10.2 Å². The van der Waals surface area contributed by atoms with Crippen LogP contribution in [0.15, 0.2) is 29.3 Å². The summed E-state index contributed by atoms with van der Waals surface area (Å²) >= 11 is 0. The maximum atomic E-state index is 11.7. The summed E-state index contributed by atoms with van der Waals surface area (Å²) in [4.78, 5) is 18.6. The summed E-state index contributed by atoms with van der Waals surface area (Å²) in [6.07, 6.45) is 1.50. The first kappa shape index (κ1) is 20.9. The monoisotopic (exact) mass is 377 g/mol. The number of methoxy groups -OCH3 is 2. The zero-order valence-electron chi connectivity index (χ0n) is 16.7. The van der Waals surface area contributed by atoms with Crippen LogP contribution in [0.25, 0.3) is 0 Å². The van der Waals surface area contributed by atoms with Crippen LogP contribution >= 0.6 is 0 Å². The maximum Gasteiger partial charge on any atom is 0.308 e. The summed E-state index contributed by atoms with van der Waals surface area (Å²) in [5.74, 6) is 2.27. The summed E-state index contributed by atoms with van der Waals surface area (Å²) in [6, 6.07) is 7.56. The highest BCUT2D eigenvalue weighted by Crippen LogP contribution is 2.20. The number of esters is 1. The number of hydrogen-bond acceptors (Lipinski definition) is 5. The van der Waals surface area contributed by atoms with Gasteiger partial charge in [0.1, 0.15) is 17.6 Å². The predicted molar refractivity (Wildman–Crippen MR) is 105 cm³/mol. The molecule has 7 heteroatoms. The van der Waals surface area contributed by atoms with E-state index in [4.69, 9.17) is 19.2 Å². The van der Waals surface area contributed by atoms with Crippen LogP contribution in [0.2, 0.25) is 0 Å². The average molecular weight is 377 g/mol.